The van der Waals surface area contributed by atoms with Crippen molar-refractivity contribution in [3.63, 3.8) is 0 Å². The highest BCUT2D eigenvalue weighted by Gasteiger charge is 2.17. The van der Waals surface area contributed by atoms with Crippen molar-refractivity contribution >= 4 is 42.2 Å². The number of carbonyl (C=O) groups is 1. The van der Waals surface area contributed by atoms with Crippen LogP contribution in [-0.4, -0.2) is 21.3 Å². The molecular formula is C4H4N2O2S3. The van der Waals surface area contributed by atoms with E-state index in [1.54, 1.807) is 0 Å². The van der Waals surface area contributed by atoms with Crippen LogP contribution in [0.3, 0.4) is 0 Å². The summed E-state index contributed by atoms with van der Waals surface area (Å²) in [7, 11) is 0. The molecule has 0 spiro atoms. The van der Waals surface area contributed by atoms with Gasteiger partial charge in [0.2, 0.25) is 0 Å². The van der Waals surface area contributed by atoms with Gasteiger partial charge < -0.3 is 5.11 Å². The van der Waals surface area contributed by atoms with Gasteiger partial charge in [0.1, 0.15) is 5.01 Å². The molecule has 0 aromatic carbocycles. The third kappa shape index (κ3) is 2.01. The molecule has 1 aromatic rings. The smallest absolute Gasteiger partial charge is 0.323 e. The van der Waals surface area contributed by atoms with Crippen LogP contribution < -0.4 is 0 Å². The van der Waals surface area contributed by atoms with Gasteiger partial charge in [-0.2, -0.15) is 17.7 Å². The van der Waals surface area contributed by atoms with Crippen molar-refractivity contribution < 1.29 is 9.90 Å². The summed E-state index contributed by atoms with van der Waals surface area (Å²) in [6, 6.07) is 0. The summed E-state index contributed by atoms with van der Waals surface area (Å²) >= 11 is 9.64. The van der Waals surface area contributed by atoms with Crippen LogP contribution in [0.25, 0.3) is 0 Å². The van der Waals surface area contributed by atoms with Crippen LogP contribution in [0.1, 0.15) is 10.3 Å². The molecule has 0 radical (unpaired) electrons. The van der Waals surface area contributed by atoms with E-state index >= 15 is 0 Å². The molecule has 0 amide bonds. The molecule has 0 fully saturated rings. The summed E-state index contributed by atoms with van der Waals surface area (Å²) in [6.45, 7) is 0. The quantitative estimate of drug-likeness (QED) is 0.505. The van der Waals surface area contributed by atoms with Crippen LogP contribution in [-0.2, 0) is 4.79 Å². The average Bonchev–Trinajstić information content (AvgIpc) is 2.34. The molecule has 1 aromatic heterocycles. The van der Waals surface area contributed by atoms with Crippen LogP contribution in [0, 0.1) is 3.95 Å². The first-order valence-electron chi connectivity index (χ1n) is 2.57. The number of carboxylic acid groups (broad SMARTS) is 1. The van der Waals surface area contributed by atoms with Crippen molar-refractivity contribution in [3.8, 4) is 0 Å². The Labute approximate surface area is 76.7 Å². The Hall–Kier alpha value is -0.400. The maximum absolute atomic E-state index is 10.4. The van der Waals surface area contributed by atoms with E-state index in [0.717, 1.165) is 11.3 Å². The van der Waals surface area contributed by atoms with E-state index in [9.17, 15) is 4.79 Å². The standard InChI is InChI=1S/C4H4N2O2S3/c7-3(8)1(9)2-5-6-4(10)11-2/h1,9H,(H,6,10)(H,7,8). The number of nitrogens with one attached hydrogen (secondary N) is 1. The Balaban J connectivity index is 2.93. The van der Waals surface area contributed by atoms with E-state index in [0.29, 0.717) is 8.96 Å². The van der Waals surface area contributed by atoms with Crippen molar-refractivity contribution in [2.24, 2.45) is 0 Å². The minimum absolute atomic E-state index is 0.380. The predicted octanol–water partition coefficient (Wildman–Crippen LogP) is 1.26. The average molecular weight is 208 g/mol. The minimum atomic E-state index is -1.02. The SMILES string of the molecule is O=C(O)C(S)c1n[nH]c(=S)s1. The summed E-state index contributed by atoms with van der Waals surface area (Å²) in [6.07, 6.45) is 0. The topological polar surface area (TPSA) is 66.0 Å². The van der Waals surface area contributed by atoms with Crippen LogP contribution in [0.4, 0.5) is 0 Å². The molecule has 1 heterocycles. The molecule has 0 saturated heterocycles. The van der Waals surface area contributed by atoms with E-state index in [1.165, 1.54) is 0 Å². The fourth-order valence-electron chi connectivity index (χ4n) is 0.464. The molecule has 11 heavy (non-hydrogen) atoms. The largest absolute Gasteiger partial charge is 0.480 e. The lowest BCUT2D eigenvalue weighted by Crippen LogP contribution is -2.04. The molecular weight excluding hydrogens is 204 g/mol. The lowest BCUT2D eigenvalue weighted by Gasteiger charge is -1.96. The zero-order valence-corrected chi connectivity index (χ0v) is 7.67. The van der Waals surface area contributed by atoms with Crippen molar-refractivity contribution in [2.45, 2.75) is 5.25 Å². The maximum Gasteiger partial charge on any atom is 0.323 e. The molecule has 0 aliphatic rings. The van der Waals surface area contributed by atoms with Gasteiger partial charge in [-0.1, -0.05) is 11.3 Å². The monoisotopic (exact) mass is 208 g/mol. The van der Waals surface area contributed by atoms with E-state index < -0.39 is 11.2 Å². The first-order valence-corrected chi connectivity index (χ1v) is 4.31. The molecule has 0 bridgehead atoms. The molecule has 4 nitrogen and oxygen atoms in total. The summed E-state index contributed by atoms with van der Waals surface area (Å²) in [4.78, 5) is 10.4. The molecule has 7 heteroatoms. The predicted molar refractivity (Wildman–Crippen MR) is 46.7 cm³/mol. The van der Waals surface area contributed by atoms with Gasteiger partial charge in [-0.15, -0.1) is 0 Å². The Kier molecular flexibility index (Phi) is 2.63. The van der Waals surface area contributed by atoms with Gasteiger partial charge in [-0.3, -0.25) is 9.89 Å². The van der Waals surface area contributed by atoms with Crippen molar-refractivity contribution in [2.75, 3.05) is 0 Å². The molecule has 0 aliphatic carbocycles. The highest BCUT2D eigenvalue weighted by atomic mass is 32.1. The van der Waals surface area contributed by atoms with Crippen LogP contribution in [0.2, 0.25) is 0 Å². The number of rotatable bonds is 2. The number of thiol groups is 1. The van der Waals surface area contributed by atoms with E-state index in [1.807, 2.05) is 0 Å². The second-order valence-electron chi connectivity index (χ2n) is 1.69. The lowest BCUT2D eigenvalue weighted by atomic mass is 10.4. The minimum Gasteiger partial charge on any atom is -0.480 e. The van der Waals surface area contributed by atoms with Gasteiger partial charge >= 0.3 is 5.97 Å². The fraction of sp³-hybridized carbons (Fsp3) is 0.250. The van der Waals surface area contributed by atoms with Gasteiger partial charge in [-0.25, -0.2) is 0 Å². The summed E-state index contributed by atoms with van der Waals surface area (Å²) in [5.74, 6) is -1.02. The first-order chi connectivity index (χ1) is 5.11. The number of aromatic amines is 1. The zero-order valence-electron chi connectivity index (χ0n) is 5.14. The second-order valence-corrected chi connectivity index (χ2v) is 3.91. The number of aromatic nitrogens is 2. The van der Waals surface area contributed by atoms with Crippen LogP contribution in [0.5, 0.6) is 0 Å². The third-order valence-electron chi connectivity index (χ3n) is 0.922. The molecule has 1 atom stereocenters. The lowest BCUT2D eigenvalue weighted by molar-refractivity contribution is -0.136. The van der Waals surface area contributed by atoms with E-state index in [2.05, 4.69) is 22.8 Å². The summed E-state index contributed by atoms with van der Waals surface area (Å²) in [5, 5.41) is 14.1. The number of carboxylic acids is 1. The number of H-pyrrole nitrogens is 1. The fourth-order valence-corrected chi connectivity index (χ4v) is 1.57. The highest BCUT2D eigenvalue weighted by molar-refractivity contribution is 7.81. The molecule has 0 aliphatic heterocycles. The summed E-state index contributed by atoms with van der Waals surface area (Å²) in [5.41, 5.74) is 0. The van der Waals surface area contributed by atoms with Crippen molar-refractivity contribution in [1.29, 1.82) is 0 Å². The van der Waals surface area contributed by atoms with E-state index in [4.69, 9.17) is 17.3 Å². The van der Waals surface area contributed by atoms with Gasteiger partial charge in [0.05, 0.1) is 0 Å². The van der Waals surface area contributed by atoms with Gasteiger partial charge in [0, 0.05) is 0 Å². The Morgan fingerprint density at radius 2 is 2.55 bits per heavy atom. The van der Waals surface area contributed by atoms with E-state index in [-0.39, 0.29) is 0 Å². The molecule has 1 unspecified atom stereocenters. The molecule has 0 saturated carbocycles. The highest BCUT2D eigenvalue weighted by Crippen LogP contribution is 2.21. The van der Waals surface area contributed by atoms with Crippen LogP contribution in [0.15, 0.2) is 0 Å². The summed E-state index contributed by atoms with van der Waals surface area (Å²) < 4.78 is 0.459. The maximum atomic E-state index is 10.4. The Morgan fingerprint density at radius 3 is 2.91 bits per heavy atom. The Bertz CT molecular complexity index is 317. The number of hydrogen-bond donors (Lipinski definition) is 3. The number of aliphatic carboxylic acids is 1. The van der Waals surface area contributed by atoms with Gasteiger partial charge in [0.15, 0.2) is 9.20 Å². The molecule has 60 valence electrons. The van der Waals surface area contributed by atoms with Crippen LogP contribution >= 0.6 is 36.2 Å². The van der Waals surface area contributed by atoms with Crippen molar-refractivity contribution in [3.05, 3.63) is 8.96 Å². The number of hydrogen-bond acceptors (Lipinski definition) is 5. The Morgan fingerprint density at radius 1 is 1.91 bits per heavy atom. The van der Waals surface area contributed by atoms with Crippen molar-refractivity contribution in [1.82, 2.24) is 10.2 Å². The van der Waals surface area contributed by atoms with Gasteiger partial charge in [-0.05, 0) is 12.2 Å². The van der Waals surface area contributed by atoms with Gasteiger partial charge in [0.25, 0.3) is 0 Å². The second kappa shape index (κ2) is 3.33. The normalized spacial score (nSPS) is 12.8. The first kappa shape index (κ1) is 8.69. The number of nitrogens with zero attached hydrogens (tertiary/aromatic N) is 1. The third-order valence-corrected chi connectivity index (χ3v) is 2.72. The molecule has 1 rings (SSSR count). The zero-order chi connectivity index (χ0) is 8.43. The molecule has 2 N–H and O–H groups in total.